The molecule has 124 valence electrons. The van der Waals surface area contributed by atoms with Gasteiger partial charge in [0.05, 0.1) is 5.56 Å². The molecular weight excluding hydrogens is 323 g/mol. The van der Waals surface area contributed by atoms with Crippen LogP contribution in [0.2, 0.25) is 0 Å². The molecule has 7 heteroatoms. The summed E-state index contributed by atoms with van der Waals surface area (Å²) in [6.07, 6.45) is 6.43. The summed E-state index contributed by atoms with van der Waals surface area (Å²) in [6.45, 7) is 3.85. The highest BCUT2D eigenvalue weighted by Gasteiger charge is 2.22. The molecule has 5 nitrogen and oxygen atoms in total. The maximum absolute atomic E-state index is 12.5. The van der Waals surface area contributed by atoms with Crippen molar-refractivity contribution >= 4 is 36.5 Å². The molecule has 0 bridgehead atoms. The summed E-state index contributed by atoms with van der Waals surface area (Å²) in [7, 11) is 0. The molecule has 1 aromatic rings. The van der Waals surface area contributed by atoms with E-state index < -0.39 is 0 Å². The molecule has 3 rings (SSSR count). The van der Waals surface area contributed by atoms with E-state index in [1.807, 2.05) is 12.1 Å². The van der Waals surface area contributed by atoms with Gasteiger partial charge in [-0.3, -0.25) is 4.79 Å². The lowest BCUT2D eigenvalue weighted by atomic mass is 10.1. The molecule has 1 atom stereocenters. The minimum absolute atomic E-state index is 0. The molecule has 1 aromatic heterocycles. The zero-order valence-electron chi connectivity index (χ0n) is 12.6. The summed E-state index contributed by atoms with van der Waals surface area (Å²) in [5.41, 5.74) is 0.710. The third-order valence-corrected chi connectivity index (χ3v) is 4.08. The van der Waals surface area contributed by atoms with E-state index in [0.717, 1.165) is 38.4 Å². The van der Waals surface area contributed by atoms with E-state index in [1.54, 1.807) is 6.20 Å². The Kier molecular flexibility index (Phi) is 7.93. The number of carbonyl (C=O) groups is 1. The first-order chi connectivity index (χ1) is 9.84. The Morgan fingerprint density at radius 1 is 1.27 bits per heavy atom. The van der Waals surface area contributed by atoms with Crippen LogP contribution in [0.4, 0.5) is 5.82 Å². The second-order valence-corrected chi connectivity index (χ2v) is 5.59. The molecule has 0 saturated carbocycles. The van der Waals surface area contributed by atoms with Crippen molar-refractivity contribution in [1.29, 1.82) is 0 Å². The van der Waals surface area contributed by atoms with Gasteiger partial charge in [0.1, 0.15) is 5.82 Å². The van der Waals surface area contributed by atoms with Gasteiger partial charge in [-0.05, 0) is 44.4 Å². The third-order valence-electron chi connectivity index (χ3n) is 4.08. The fraction of sp³-hybridized carbons (Fsp3) is 0.600. The van der Waals surface area contributed by atoms with Crippen LogP contribution in [0.15, 0.2) is 18.3 Å². The fourth-order valence-electron chi connectivity index (χ4n) is 2.97. The second kappa shape index (κ2) is 9.18. The molecule has 1 amide bonds. The van der Waals surface area contributed by atoms with E-state index in [0.29, 0.717) is 5.56 Å². The average molecular weight is 347 g/mol. The lowest BCUT2D eigenvalue weighted by Gasteiger charge is -2.29. The highest BCUT2D eigenvalue weighted by atomic mass is 35.5. The number of rotatable bonds is 3. The van der Waals surface area contributed by atoms with Crippen LogP contribution < -0.4 is 15.5 Å². The smallest absolute Gasteiger partial charge is 0.255 e. The number of halogens is 2. The van der Waals surface area contributed by atoms with Crippen molar-refractivity contribution in [2.24, 2.45) is 0 Å². The summed E-state index contributed by atoms with van der Waals surface area (Å²) >= 11 is 0. The van der Waals surface area contributed by atoms with Gasteiger partial charge in [0.15, 0.2) is 0 Å². The minimum Gasteiger partial charge on any atom is -0.356 e. The van der Waals surface area contributed by atoms with Gasteiger partial charge in [-0.15, -0.1) is 24.8 Å². The van der Waals surface area contributed by atoms with Crippen molar-refractivity contribution in [3.8, 4) is 0 Å². The number of piperidine rings is 1. The SMILES string of the molecule is Cl.Cl.O=C(NC1CCNC1)c1cccnc1N1CCCCC1. The number of anilines is 1. The molecule has 2 aliphatic rings. The van der Waals surface area contributed by atoms with Crippen LogP contribution in [-0.4, -0.2) is 43.1 Å². The zero-order valence-corrected chi connectivity index (χ0v) is 14.2. The zero-order chi connectivity index (χ0) is 13.8. The summed E-state index contributed by atoms with van der Waals surface area (Å²) in [5.74, 6) is 0.850. The van der Waals surface area contributed by atoms with E-state index >= 15 is 0 Å². The monoisotopic (exact) mass is 346 g/mol. The maximum atomic E-state index is 12.5. The quantitative estimate of drug-likeness (QED) is 0.878. The molecule has 3 heterocycles. The number of hydrogen-bond acceptors (Lipinski definition) is 4. The number of hydrogen-bond donors (Lipinski definition) is 2. The van der Waals surface area contributed by atoms with Crippen LogP contribution in [-0.2, 0) is 0 Å². The van der Waals surface area contributed by atoms with Crippen LogP contribution in [0.5, 0.6) is 0 Å². The number of nitrogens with one attached hydrogen (secondary N) is 2. The minimum atomic E-state index is 0. The van der Waals surface area contributed by atoms with Crippen LogP contribution >= 0.6 is 24.8 Å². The van der Waals surface area contributed by atoms with E-state index in [1.165, 1.54) is 19.3 Å². The van der Waals surface area contributed by atoms with Gasteiger partial charge in [-0.1, -0.05) is 0 Å². The standard InChI is InChI=1S/C15H22N4O.2ClH/c20-15(18-12-6-8-16-11-12)13-5-4-7-17-14(13)19-9-2-1-3-10-19;;/h4-5,7,12,16H,1-3,6,8-11H2,(H,18,20);2*1H. The van der Waals surface area contributed by atoms with Crippen LogP contribution in [0.25, 0.3) is 0 Å². The van der Waals surface area contributed by atoms with Crippen LogP contribution in [0.1, 0.15) is 36.0 Å². The Balaban J connectivity index is 0.00000121. The van der Waals surface area contributed by atoms with Gasteiger partial charge >= 0.3 is 0 Å². The van der Waals surface area contributed by atoms with Crippen molar-refractivity contribution < 1.29 is 4.79 Å². The predicted molar refractivity (Wildman–Crippen MR) is 93.5 cm³/mol. The molecular formula is C15H24Cl2N4O. The van der Waals surface area contributed by atoms with Crippen molar-refractivity contribution in [3.63, 3.8) is 0 Å². The lowest BCUT2D eigenvalue weighted by Crippen LogP contribution is -2.38. The average Bonchev–Trinajstić information content (AvgIpc) is 3.01. The lowest BCUT2D eigenvalue weighted by molar-refractivity contribution is 0.0940. The largest absolute Gasteiger partial charge is 0.356 e. The van der Waals surface area contributed by atoms with Gasteiger partial charge in [0.2, 0.25) is 0 Å². The van der Waals surface area contributed by atoms with Gasteiger partial charge in [0.25, 0.3) is 5.91 Å². The number of carbonyl (C=O) groups excluding carboxylic acids is 1. The van der Waals surface area contributed by atoms with Gasteiger partial charge < -0.3 is 15.5 Å². The van der Waals surface area contributed by atoms with Crippen molar-refractivity contribution in [2.75, 3.05) is 31.1 Å². The summed E-state index contributed by atoms with van der Waals surface area (Å²) < 4.78 is 0. The normalized spacial score (nSPS) is 20.7. The van der Waals surface area contributed by atoms with Crippen molar-refractivity contribution in [2.45, 2.75) is 31.7 Å². The molecule has 0 aliphatic carbocycles. The molecule has 22 heavy (non-hydrogen) atoms. The Morgan fingerprint density at radius 2 is 2.05 bits per heavy atom. The fourth-order valence-corrected chi connectivity index (χ4v) is 2.97. The first kappa shape index (κ1) is 19.0. The van der Waals surface area contributed by atoms with E-state index in [4.69, 9.17) is 0 Å². The molecule has 2 aliphatic heterocycles. The Morgan fingerprint density at radius 3 is 2.73 bits per heavy atom. The molecule has 0 radical (unpaired) electrons. The molecule has 1 unspecified atom stereocenters. The van der Waals surface area contributed by atoms with E-state index in [-0.39, 0.29) is 36.8 Å². The molecule has 0 aromatic carbocycles. The topological polar surface area (TPSA) is 57.3 Å². The molecule has 0 spiro atoms. The molecule has 2 fully saturated rings. The first-order valence-corrected chi connectivity index (χ1v) is 7.56. The summed E-state index contributed by atoms with van der Waals surface area (Å²) in [6, 6.07) is 3.97. The number of amides is 1. The van der Waals surface area contributed by atoms with Gasteiger partial charge in [0, 0.05) is 31.9 Å². The molecule has 2 saturated heterocycles. The summed E-state index contributed by atoms with van der Waals surface area (Å²) in [5, 5.41) is 6.37. The third kappa shape index (κ3) is 4.48. The number of nitrogens with zero attached hydrogens (tertiary/aromatic N) is 2. The summed E-state index contributed by atoms with van der Waals surface area (Å²) in [4.78, 5) is 19.1. The van der Waals surface area contributed by atoms with Gasteiger partial charge in [-0.2, -0.15) is 0 Å². The van der Waals surface area contributed by atoms with E-state index in [9.17, 15) is 4.79 Å². The maximum Gasteiger partial charge on any atom is 0.255 e. The second-order valence-electron chi connectivity index (χ2n) is 5.59. The highest BCUT2D eigenvalue weighted by Crippen LogP contribution is 2.21. The Hall–Kier alpha value is -1.04. The van der Waals surface area contributed by atoms with Crippen molar-refractivity contribution in [3.05, 3.63) is 23.9 Å². The first-order valence-electron chi connectivity index (χ1n) is 7.56. The van der Waals surface area contributed by atoms with Gasteiger partial charge in [-0.25, -0.2) is 4.98 Å². The Bertz CT molecular complexity index is 474. The van der Waals surface area contributed by atoms with Crippen molar-refractivity contribution in [1.82, 2.24) is 15.6 Å². The number of pyridine rings is 1. The van der Waals surface area contributed by atoms with Crippen LogP contribution in [0, 0.1) is 0 Å². The predicted octanol–water partition coefficient (Wildman–Crippen LogP) is 2.01. The number of aromatic nitrogens is 1. The van der Waals surface area contributed by atoms with E-state index in [2.05, 4.69) is 20.5 Å². The Labute approximate surface area is 144 Å². The molecule has 2 N–H and O–H groups in total. The highest BCUT2D eigenvalue weighted by molar-refractivity contribution is 5.99. The van der Waals surface area contributed by atoms with Crippen LogP contribution in [0.3, 0.4) is 0 Å².